The van der Waals surface area contributed by atoms with Crippen LogP contribution >= 0.6 is 0 Å². The quantitative estimate of drug-likeness (QED) is 0.473. The molecule has 0 spiro atoms. The van der Waals surface area contributed by atoms with Crippen molar-refractivity contribution in [3.8, 4) is 0 Å². The lowest BCUT2D eigenvalue weighted by Gasteiger charge is -2.58. The van der Waals surface area contributed by atoms with E-state index in [1.54, 1.807) is 10.6 Å². The second-order valence-corrected chi connectivity index (χ2v) is 14.3. The van der Waals surface area contributed by atoms with Crippen molar-refractivity contribution in [1.29, 1.82) is 0 Å². The molecule has 2 aliphatic heterocycles. The van der Waals surface area contributed by atoms with E-state index in [-0.39, 0.29) is 18.1 Å². The summed E-state index contributed by atoms with van der Waals surface area (Å²) in [6.07, 6.45) is 15.6. The van der Waals surface area contributed by atoms with E-state index in [1.165, 1.54) is 32.1 Å². The minimum absolute atomic E-state index is 0.124. The smallest absolute Gasteiger partial charge is 0.246 e. The number of allylic oxidation sites excluding steroid dienone is 1. The predicted octanol–water partition coefficient (Wildman–Crippen LogP) is 5.60. The van der Waals surface area contributed by atoms with Gasteiger partial charge in [-0.1, -0.05) is 38.5 Å². The first-order valence-electron chi connectivity index (χ1n) is 15.4. The van der Waals surface area contributed by atoms with Crippen LogP contribution in [0.5, 0.6) is 0 Å². The van der Waals surface area contributed by atoms with Crippen LogP contribution in [0.1, 0.15) is 85.0 Å². The van der Waals surface area contributed by atoms with E-state index in [0.29, 0.717) is 35.7 Å². The Bertz CT molecular complexity index is 933. The summed E-state index contributed by atoms with van der Waals surface area (Å²) in [6, 6.07) is 0.220. The Morgan fingerprint density at radius 1 is 1.22 bits per heavy atom. The molecule has 1 unspecified atom stereocenters. The highest BCUT2D eigenvalue weighted by molar-refractivity contribution is 5.75. The van der Waals surface area contributed by atoms with Crippen molar-refractivity contribution in [3.63, 3.8) is 0 Å². The Morgan fingerprint density at radius 2 is 2.05 bits per heavy atom. The standard InChI is InChI=1S/C32H50N2O3/c1-5-16-33-18-22-20-37-34(29(22)19-33)30(36)11-6-21(2)26-9-10-27-25-8-7-23-17-24(35)12-14-31(23,3)28(25)13-15-32(26,27)4/h5,7,21-22,24-29,35H,1,6,8-20H2,2-4H3/t21?,22-,24+,25+,26-,27+,28+,29-,31+,32-/m1/s1. The normalized spacial score (nSPS) is 46.0. The number of aliphatic hydroxyl groups excluding tert-OH is 1. The second kappa shape index (κ2) is 9.78. The summed E-state index contributed by atoms with van der Waals surface area (Å²) in [6.45, 7) is 14.9. The molecular formula is C32H50N2O3. The molecule has 4 aliphatic carbocycles. The molecule has 1 N–H and O–H groups in total. The molecule has 10 atom stereocenters. The van der Waals surface area contributed by atoms with E-state index in [1.807, 2.05) is 6.08 Å². The first-order valence-corrected chi connectivity index (χ1v) is 15.4. The van der Waals surface area contributed by atoms with Gasteiger partial charge in [0.15, 0.2) is 0 Å². The summed E-state index contributed by atoms with van der Waals surface area (Å²) < 4.78 is 0. The van der Waals surface area contributed by atoms with Crippen LogP contribution < -0.4 is 0 Å². The number of fused-ring (bicyclic) bond motifs is 6. The van der Waals surface area contributed by atoms with E-state index < -0.39 is 0 Å². The fourth-order valence-electron chi connectivity index (χ4n) is 10.5. The lowest BCUT2D eigenvalue weighted by molar-refractivity contribution is -0.177. The predicted molar refractivity (Wildman–Crippen MR) is 146 cm³/mol. The maximum Gasteiger partial charge on any atom is 0.246 e. The number of hydrogen-bond donors (Lipinski definition) is 1. The molecule has 37 heavy (non-hydrogen) atoms. The summed E-state index contributed by atoms with van der Waals surface area (Å²) in [7, 11) is 0. The third kappa shape index (κ3) is 4.26. The van der Waals surface area contributed by atoms with Gasteiger partial charge in [0.1, 0.15) is 0 Å². The SMILES string of the molecule is C=CCN1C[C@@H]2CON(C(=O)CCC(C)[C@H]3CC[C@H]4[C@@H]5CC=C6C[C@@H](O)CC[C@]6(C)[C@H]5CC[C@]34C)[C@@H]2C1. The Labute approximate surface area is 224 Å². The number of carbonyl (C=O) groups is 1. The lowest BCUT2D eigenvalue weighted by atomic mass is 9.47. The third-order valence-electron chi connectivity index (χ3n) is 12.5. The van der Waals surface area contributed by atoms with E-state index in [9.17, 15) is 9.90 Å². The zero-order valence-electron chi connectivity index (χ0n) is 23.5. The summed E-state index contributed by atoms with van der Waals surface area (Å²) in [5, 5.41) is 12.0. The summed E-state index contributed by atoms with van der Waals surface area (Å²) in [5.41, 5.74) is 2.29. The van der Waals surface area contributed by atoms with Crippen molar-refractivity contribution in [3.05, 3.63) is 24.3 Å². The average Bonchev–Trinajstić information content (AvgIpc) is 3.55. The topological polar surface area (TPSA) is 53.0 Å². The molecule has 2 heterocycles. The molecule has 6 aliphatic rings. The summed E-state index contributed by atoms with van der Waals surface area (Å²) in [5.74, 6) is 4.35. The monoisotopic (exact) mass is 510 g/mol. The second-order valence-electron chi connectivity index (χ2n) is 14.3. The Morgan fingerprint density at radius 3 is 2.86 bits per heavy atom. The van der Waals surface area contributed by atoms with Crippen molar-refractivity contribution in [2.75, 3.05) is 26.2 Å². The molecule has 6 rings (SSSR count). The molecule has 5 nitrogen and oxygen atoms in total. The summed E-state index contributed by atoms with van der Waals surface area (Å²) >= 11 is 0. The first kappa shape index (κ1) is 26.1. The van der Waals surface area contributed by atoms with Crippen molar-refractivity contribution in [2.45, 2.75) is 97.1 Å². The maximum atomic E-state index is 13.3. The van der Waals surface area contributed by atoms with E-state index in [0.717, 1.165) is 69.0 Å². The largest absolute Gasteiger partial charge is 0.393 e. The van der Waals surface area contributed by atoms with Gasteiger partial charge < -0.3 is 5.11 Å². The molecule has 2 saturated heterocycles. The maximum absolute atomic E-state index is 13.3. The van der Waals surface area contributed by atoms with Gasteiger partial charge in [0, 0.05) is 32.0 Å². The fraction of sp³-hybridized carbons (Fsp3) is 0.844. The molecule has 0 aromatic rings. The van der Waals surface area contributed by atoms with Crippen molar-refractivity contribution >= 4 is 5.91 Å². The van der Waals surface area contributed by atoms with Gasteiger partial charge >= 0.3 is 0 Å². The number of hydroxylamine groups is 2. The van der Waals surface area contributed by atoms with Crippen molar-refractivity contribution < 1.29 is 14.7 Å². The number of amides is 1. The van der Waals surface area contributed by atoms with Crippen LogP contribution in [0, 0.1) is 46.3 Å². The van der Waals surface area contributed by atoms with Gasteiger partial charge in [-0.25, -0.2) is 5.06 Å². The molecule has 0 bridgehead atoms. The fourth-order valence-corrected chi connectivity index (χ4v) is 10.5. The first-order chi connectivity index (χ1) is 17.7. The van der Waals surface area contributed by atoms with Gasteiger partial charge in [0.2, 0.25) is 5.91 Å². The Balaban J connectivity index is 1.08. The van der Waals surface area contributed by atoms with Gasteiger partial charge in [0.25, 0.3) is 0 Å². The van der Waals surface area contributed by atoms with Gasteiger partial charge in [-0.2, -0.15) is 0 Å². The molecule has 3 saturated carbocycles. The Hall–Kier alpha value is -1.17. The number of rotatable bonds is 6. The molecule has 206 valence electrons. The van der Waals surface area contributed by atoms with Crippen LogP contribution in [0.2, 0.25) is 0 Å². The highest BCUT2D eigenvalue weighted by Gasteiger charge is 2.59. The van der Waals surface area contributed by atoms with Crippen LogP contribution in [-0.2, 0) is 9.63 Å². The minimum Gasteiger partial charge on any atom is -0.393 e. The van der Waals surface area contributed by atoms with E-state index in [4.69, 9.17) is 4.84 Å². The average molecular weight is 511 g/mol. The van der Waals surface area contributed by atoms with Gasteiger partial charge in [0.05, 0.1) is 18.8 Å². The number of nitrogens with zero attached hydrogens (tertiary/aromatic N) is 2. The highest BCUT2D eigenvalue weighted by Crippen LogP contribution is 2.67. The van der Waals surface area contributed by atoms with Crippen LogP contribution in [0.15, 0.2) is 24.3 Å². The van der Waals surface area contributed by atoms with Crippen LogP contribution in [0.4, 0.5) is 0 Å². The number of carbonyl (C=O) groups excluding carboxylic acids is 1. The number of hydrogen-bond acceptors (Lipinski definition) is 4. The van der Waals surface area contributed by atoms with Crippen molar-refractivity contribution in [2.24, 2.45) is 46.3 Å². The van der Waals surface area contributed by atoms with Gasteiger partial charge in [-0.05, 0) is 98.2 Å². The molecular weight excluding hydrogens is 460 g/mol. The van der Waals surface area contributed by atoms with Crippen molar-refractivity contribution in [1.82, 2.24) is 9.96 Å². The zero-order chi connectivity index (χ0) is 25.9. The molecule has 5 heteroatoms. The van der Waals surface area contributed by atoms with Crippen LogP contribution in [0.3, 0.4) is 0 Å². The third-order valence-corrected chi connectivity index (χ3v) is 12.5. The van der Waals surface area contributed by atoms with E-state index >= 15 is 0 Å². The molecule has 1 amide bonds. The molecule has 0 aromatic carbocycles. The van der Waals surface area contributed by atoms with Crippen LogP contribution in [0.25, 0.3) is 0 Å². The van der Waals surface area contributed by atoms with Gasteiger partial charge in [-0.15, -0.1) is 6.58 Å². The molecule has 0 aromatic heterocycles. The number of aliphatic hydroxyl groups is 1. The van der Waals surface area contributed by atoms with Crippen LogP contribution in [-0.4, -0.2) is 59.4 Å². The van der Waals surface area contributed by atoms with Gasteiger partial charge in [-0.3, -0.25) is 14.5 Å². The zero-order valence-corrected chi connectivity index (χ0v) is 23.5. The van der Waals surface area contributed by atoms with E-state index in [2.05, 4.69) is 38.3 Å². The highest BCUT2D eigenvalue weighted by atomic mass is 16.7. The lowest BCUT2D eigenvalue weighted by Crippen LogP contribution is -2.50. The Kier molecular flexibility index (Phi) is 6.89. The molecule has 5 fully saturated rings. The number of likely N-dealkylation sites (tertiary alicyclic amines) is 1. The molecule has 0 radical (unpaired) electrons. The minimum atomic E-state index is -0.124. The summed E-state index contributed by atoms with van der Waals surface area (Å²) in [4.78, 5) is 21.5.